The lowest BCUT2D eigenvalue weighted by atomic mass is 9.90. The molecule has 0 bridgehead atoms. The molecule has 33 heavy (non-hydrogen) atoms. The first-order chi connectivity index (χ1) is 15.3. The highest BCUT2D eigenvalue weighted by molar-refractivity contribution is 5.82. The lowest BCUT2D eigenvalue weighted by Gasteiger charge is -2.20. The molecule has 0 unspecified atom stereocenters. The minimum atomic E-state index is -4.44. The number of aryl methyl sites for hydroxylation is 3. The minimum Gasteiger partial charge on any atom is -0.396 e. The second-order valence-electron chi connectivity index (χ2n) is 10.1. The summed E-state index contributed by atoms with van der Waals surface area (Å²) >= 11 is 0. The van der Waals surface area contributed by atoms with Crippen LogP contribution in [0.4, 0.5) is 13.2 Å². The number of aliphatic hydroxyl groups is 1. The molecule has 5 nitrogen and oxygen atoms in total. The zero-order chi connectivity index (χ0) is 24.8. The van der Waals surface area contributed by atoms with E-state index in [0.717, 1.165) is 27.7 Å². The summed E-state index contributed by atoms with van der Waals surface area (Å²) in [7, 11) is 0. The van der Waals surface area contributed by atoms with Crippen molar-refractivity contribution in [3.05, 3.63) is 46.5 Å². The maximum atomic E-state index is 13.4. The van der Waals surface area contributed by atoms with E-state index in [9.17, 15) is 23.1 Å². The number of carbonyl (C=O) groups is 1. The third kappa shape index (κ3) is 8.91. The molecule has 1 heterocycles. The predicted molar refractivity (Wildman–Crippen MR) is 122 cm³/mol. The van der Waals surface area contributed by atoms with Crippen molar-refractivity contribution < 1.29 is 23.1 Å². The number of ketones is 1. The van der Waals surface area contributed by atoms with Crippen molar-refractivity contribution in [2.45, 2.75) is 91.8 Å². The van der Waals surface area contributed by atoms with Gasteiger partial charge in [0.1, 0.15) is 24.0 Å². The van der Waals surface area contributed by atoms with Crippen LogP contribution in [0.2, 0.25) is 0 Å². The van der Waals surface area contributed by atoms with Gasteiger partial charge in [-0.1, -0.05) is 44.5 Å². The fourth-order valence-electron chi connectivity index (χ4n) is 4.05. The number of carbonyl (C=O) groups excluding carboxylic acids is 1. The second kappa shape index (κ2) is 11.3. The molecule has 0 radical (unpaired) electrons. The summed E-state index contributed by atoms with van der Waals surface area (Å²) in [5.41, 5.74) is 3.06. The van der Waals surface area contributed by atoms with Crippen molar-refractivity contribution in [1.82, 2.24) is 14.8 Å². The van der Waals surface area contributed by atoms with Gasteiger partial charge in [0.05, 0.1) is 0 Å². The average molecular weight is 468 g/mol. The Hall–Kier alpha value is -2.22. The topological polar surface area (TPSA) is 68.0 Å². The molecule has 0 saturated heterocycles. The molecule has 1 aromatic carbocycles. The molecule has 0 aliphatic rings. The largest absolute Gasteiger partial charge is 0.406 e. The Kier molecular flexibility index (Phi) is 9.23. The van der Waals surface area contributed by atoms with Crippen molar-refractivity contribution >= 4 is 5.78 Å². The van der Waals surface area contributed by atoms with Crippen LogP contribution in [0.3, 0.4) is 0 Å². The number of benzene rings is 1. The maximum Gasteiger partial charge on any atom is 0.406 e. The molecule has 184 valence electrons. The van der Waals surface area contributed by atoms with Crippen LogP contribution in [-0.2, 0) is 24.2 Å². The van der Waals surface area contributed by atoms with E-state index in [-0.39, 0.29) is 48.7 Å². The van der Waals surface area contributed by atoms with Gasteiger partial charge in [-0.15, -0.1) is 10.2 Å². The Balaban J connectivity index is 2.25. The number of hydrogen-bond acceptors (Lipinski definition) is 4. The molecule has 0 aliphatic heterocycles. The fourth-order valence-corrected chi connectivity index (χ4v) is 4.05. The Morgan fingerprint density at radius 2 is 1.85 bits per heavy atom. The third-order valence-electron chi connectivity index (χ3n) is 5.72. The number of Topliss-reactive ketones (excluding diaryl/α,β-unsaturated/α-hetero) is 1. The van der Waals surface area contributed by atoms with Gasteiger partial charge in [-0.25, -0.2) is 0 Å². The molecule has 0 fully saturated rings. The maximum absolute atomic E-state index is 13.4. The van der Waals surface area contributed by atoms with E-state index in [1.54, 1.807) is 0 Å². The van der Waals surface area contributed by atoms with Crippen LogP contribution in [0.25, 0.3) is 0 Å². The minimum absolute atomic E-state index is 0.00581. The highest BCUT2D eigenvalue weighted by atomic mass is 19.4. The molecule has 1 aromatic heterocycles. The van der Waals surface area contributed by atoms with E-state index >= 15 is 0 Å². The van der Waals surface area contributed by atoms with Crippen LogP contribution in [0.5, 0.6) is 0 Å². The van der Waals surface area contributed by atoms with Crippen molar-refractivity contribution in [2.75, 3.05) is 6.61 Å². The molecule has 0 saturated carbocycles. The smallest absolute Gasteiger partial charge is 0.396 e. The summed E-state index contributed by atoms with van der Waals surface area (Å²) in [4.78, 5) is 12.8. The number of aliphatic hydroxyl groups excluding tert-OH is 1. The van der Waals surface area contributed by atoms with Crippen LogP contribution in [0, 0.1) is 19.3 Å². The summed E-state index contributed by atoms with van der Waals surface area (Å²) in [5, 5.41) is 17.7. The van der Waals surface area contributed by atoms with Crippen molar-refractivity contribution in [3.63, 3.8) is 0 Å². The molecule has 0 spiro atoms. The van der Waals surface area contributed by atoms with E-state index in [2.05, 4.69) is 31.0 Å². The predicted octanol–water partition coefficient (Wildman–Crippen LogP) is 5.49. The number of aromatic nitrogens is 3. The van der Waals surface area contributed by atoms with Crippen LogP contribution in [0.1, 0.15) is 80.7 Å². The average Bonchev–Trinajstić information content (AvgIpc) is 3.03. The van der Waals surface area contributed by atoms with E-state index in [4.69, 9.17) is 0 Å². The van der Waals surface area contributed by atoms with Gasteiger partial charge in [0.25, 0.3) is 0 Å². The Morgan fingerprint density at radius 1 is 1.15 bits per heavy atom. The number of hydrogen-bond donors (Lipinski definition) is 1. The Bertz CT molecular complexity index is 930. The quantitative estimate of drug-likeness (QED) is 0.474. The molecule has 1 N–H and O–H groups in total. The monoisotopic (exact) mass is 467 g/mol. The van der Waals surface area contributed by atoms with E-state index in [1.165, 1.54) is 0 Å². The number of rotatable bonds is 11. The van der Waals surface area contributed by atoms with E-state index in [0.29, 0.717) is 12.8 Å². The SMILES string of the molecule is Cc1ccc(CC(=O)C[C@H](CCO)c2nnc(CCCC(C)(C)C)n2CC(F)(F)F)c(C)c1. The molecule has 1 atom stereocenters. The summed E-state index contributed by atoms with van der Waals surface area (Å²) in [6, 6.07) is 5.84. The van der Waals surface area contributed by atoms with Crippen molar-refractivity contribution in [1.29, 1.82) is 0 Å². The van der Waals surface area contributed by atoms with Gasteiger partial charge < -0.3 is 9.67 Å². The first-order valence-electron chi connectivity index (χ1n) is 11.5. The normalized spacial score (nSPS) is 13.4. The van der Waals surface area contributed by atoms with Crippen LogP contribution in [0.15, 0.2) is 18.2 Å². The number of halogens is 3. The van der Waals surface area contributed by atoms with Gasteiger partial charge in [-0.05, 0) is 49.7 Å². The third-order valence-corrected chi connectivity index (χ3v) is 5.72. The zero-order valence-electron chi connectivity index (χ0n) is 20.3. The Morgan fingerprint density at radius 3 is 2.42 bits per heavy atom. The van der Waals surface area contributed by atoms with Gasteiger partial charge >= 0.3 is 6.18 Å². The van der Waals surface area contributed by atoms with Gasteiger partial charge in [0.2, 0.25) is 0 Å². The Labute approximate surface area is 194 Å². The van der Waals surface area contributed by atoms with Crippen molar-refractivity contribution in [3.8, 4) is 0 Å². The first kappa shape index (κ1) is 27.0. The van der Waals surface area contributed by atoms with Gasteiger partial charge in [-0.2, -0.15) is 13.2 Å². The number of alkyl halides is 3. The standard InChI is InChI=1S/C25H36F3N3O2/c1-17-8-9-19(18(2)13-17)14-21(33)15-20(10-12-32)23-30-29-22(7-6-11-24(3,4)5)31(23)16-25(26,27)28/h8-9,13,20,32H,6-7,10-12,14-16H2,1-5H3/t20-/m0/s1. The summed E-state index contributed by atoms with van der Waals surface area (Å²) < 4.78 is 41.2. The first-order valence-corrected chi connectivity index (χ1v) is 11.5. The molecule has 0 aliphatic carbocycles. The van der Waals surface area contributed by atoms with Gasteiger partial charge in [-0.3, -0.25) is 4.79 Å². The van der Waals surface area contributed by atoms with Crippen molar-refractivity contribution in [2.24, 2.45) is 5.41 Å². The van der Waals surface area contributed by atoms with Crippen LogP contribution < -0.4 is 0 Å². The summed E-state index contributed by atoms with van der Waals surface area (Å²) in [5.74, 6) is -0.326. The molecule has 2 aromatic rings. The highest BCUT2D eigenvalue weighted by Crippen LogP contribution is 2.29. The summed E-state index contributed by atoms with van der Waals surface area (Å²) in [6.07, 6.45) is -2.18. The zero-order valence-corrected chi connectivity index (χ0v) is 20.3. The lowest BCUT2D eigenvalue weighted by Crippen LogP contribution is -2.24. The molecular weight excluding hydrogens is 431 g/mol. The lowest BCUT2D eigenvalue weighted by molar-refractivity contribution is -0.141. The van der Waals surface area contributed by atoms with Gasteiger partial charge in [0, 0.05) is 31.8 Å². The van der Waals surface area contributed by atoms with E-state index in [1.807, 2.05) is 32.0 Å². The second-order valence-corrected chi connectivity index (χ2v) is 10.1. The van der Waals surface area contributed by atoms with Gasteiger partial charge in [0.15, 0.2) is 0 Å². The van der Waals surface area contributed by atoms with E-state index < -0.39 is 18.6 Å². The fraction of sp³-hybridized carbons (Fsp3) is 0.640. The van der Waals surface area contributed by atoms with Crippen LogP contribution >= 0.6 is 0 Å². The molecular formula is C25H36F3N3O2. The number of nitrogens with zero attached hydrogens (tertiary/aromatic N) is 3. The molecule has 2 rings (SSSR count). The summed E-state index contributed by atoms with van der Waals surface area (Å²) in [6.45, 7) is 8.70. The molecule has 8 heteroatoms. The highest BCUT2D eigenvalue weighted by Gasteiger charge is 2.33. The molecule has 0 amide bonds. The van der Waals surface area contributed by atoms with Crippen LogP contribution in [-0.4, -0.2) is 38.4 Å².